The van der Waals surface area contributed by atoms with Crippen molar-refractivity contribution in [1.82, 2.24) is 10.2 Å². The minimum Gasteiger partial charge on any atom is -0.344 e. The lowest BCUT2D eigenvalue weighted by atomic mass is 9.95. The van der Waals surface area contributed by atoms with E-state index in [1.165, 1.54) is 0 Å². The van der Waals surface area contributed by atoms with E-state index >= 15 is 0 Å². The molecule has 21 heavy (non-hydrogen) atoms. The standard InChI is InChI=1S/C16H31N3O2/c1-11(2)9-14(20)18-15(12(3)4)16(21)19-7-5-13(10-17)6-8-19/h11-13,15H,5-10,17H2,1-4H3,(H,18,20). The molecule has 0 bridgehead atoms. The molecule has 0 saturated carbocycles. The summed E-state index contributed by atoms with van der Waals surface area (Å²) in [5, 5.41) is 2.92. The number of hydrogen-bond donors (Lipinski definition) is 2. The number of nitrogens with two attached hydrogens (primary N) is 1. The summed E-state index contributed by atoms with van der Waals surface area (Å²) in [4.78, 5) is 26.5. The van der Waals surface area contributed by atoms with Gasteiger partial charge in [-0.2, -0.15) is 0 Å². The molecule has 1 aliphatic rings. The molecular formula is C16H31N3O2. The number of amides is 2. The Balaban J connectivity index is 2.59. The fourth-order valence-electron chi connectivity index (χ4n) is 2.70. The highest BCUT2D eigenvalue weighted by Gasteiger charge is 2.30. The van der Waals surface area contributed by atoms with Crippen molar-refractivity contribution in [3.05, 3.63) is 0 Å². The van der Waals surface area contributed by atoms with Crippen LogP contribution in [0.2, 0.25) is 0 Å². The molecule has 1 aliphatic heterocycles. The summed E-state index contributed by atoms with van der Waals surface area (Å²) in [5.41, 5.74) is 5.68. The first-order valence-electron chi connectivity index (χ1n) is 8.13. The molecule has 1 fully saturated rings. The Hall–Kier alpha value is -1.10. The number of likely N-dealkylation sites (tertiary alicyclic amines) is 1. The third-order valence-electron chi connectivity index (χ3n) is 4.10. The summed E-state index contributed by atoms with van der Waals surface area (Å²) in [6, 6.07) is -0.411. The van der Waals surface area contributed by atoms with Gasteiger partial charge >= 0.3 is 0 Å². The first-order chi connectivity index (χ1) is 9.85. The van der Waals surface area contributed by atoms with Crippen LogP contribution in [0, 0.1) is 17.8 Å². The SMILES string of the molecule is CC(C)CC(=O)NC(C(=O)N1CCC(CN)CC1)C(C)C. The molecule has 1 unspecified atom stereocenters. The molecular weight excluding hydrogens is 266 g/mol. The van der Waals surface area contributed by atoms with Crippen LogP contribution in [0.15, 0.2) is 0 Å². The fourth-order valence-corrected chi connectivity index (χ4v) is 2.70. The van der Waals surface area contributed by atoms with E-state index in [4.69, 9.17) is 5.73 Å². The number of hydrogen-bond acceptors (Lipinski definition) is 3. The highest BCUT2D eigenvalue weighted by molar-refractivity contribution is 5.88. The van der Waals surface area contributed by atoms with Crippen molar-refractivity contribution in [3.63, 3.8) is 0 Å². The van der Waals surface area contributed by atoms with Gasteiger partial charge in [0.25, 0.3) is 0 Å². The molecule has 0 aliphatic carbocycles. The summed E-state index contributed by atoms with van der Waals surface area (Å²) in [6.45, 7) is 10.2. The summed E-state index contributed by atoms with van der Waals surface area (Å²) in [6.07, 6.45) is 2.39. The summed E-state index contributed by atoms with van der Waals surface area (Å²) >= 11 is 0. The summed E-state index contributed by atoms with van der Waals surface area (Å²) < 4.78 is 0. The van der Waals surface area contributed by atoms with E-state index in [-0.39, 0.29) is 17.7 Å². The number of nitrogens with zero attached hydrogens (tertiary/aromatic N) is 1. The fraction of sp³-hybridized carbons (Fsp3) is 0.875. The Labute approximate surface area is 128 Å². The minimum absolute atomic E-state index is 0.0334. The molecule has 1 saturated heterocycles. The zero-order valence-electron chi connectivity index (χ0n) is 13.9. The predicted octanol–water partition coefficient (Wildman–Crippen LogP) is 1.37. The van der Waals surface area contributed by atoms with Crippen LogP contribution in [0.3, 0.4) is 0 Å². The first-order valence-corrected chi connectivity index (χ1v) is 8.13. The predicted molar refractivity (Wildman–Crippen MR) is 84.6 cm³/mol. The Morgan fingerprint density at radius 2 is 1.76 bits per heavy atom. The van der Waals surface area contributed by atoms with Gasteiger partial charge in [0.2, 0.25) is 11.8 Å². The average molecular weight is 297 g/mol. The van der Waals surface area contributed by atoms with Crippen LogP contribution in [-0.2, 0) is 9.59 Å². The summed E-state index contributed by atoms with van der Waals surface area (Å²) in [7, 11) is 0. The van der Waals surface area contributed by atoms with Gasteiger partial charge < -0.3 is 16.0 Å². The highest BCUT2D eigenvalue weighted by Crippen LogP contribution is 2.18. The van der Waals surface area contributed by atoms with Gasteiger partial charge in [-0.05, 0) is 37.1 Å². The molecule has 1 rings (SSSR count). The molecule has 0 aromatic rings. The lowest BCUT2D eigenvalue weighted by Crippen LogP contribution is -2.53. The van der Waals surface area contributed by atoms with Crippen LogP contribution < -0.4 is 11.1 Å². The smallest absolute Gasteiger partial charge is 0.245 e. The van der Waals surface area contributed by atoms with E-state index in [1.807, 2.05) is 32.6 Å². The van der Waals surface area contributed by atoms with Crippen molar-refractivity contribution < 1.29 is 9.59 Å². The first kappa shape index (κ1) is 18.0. The maximum absolute atomic E-state index is 12.6. The van der Waals surface area contributed by atoms with Crippen LogP contribution >= 0.6 is 0 Å². The van der Waals surface area contributed by atoms with Gasteiger partial charge in [-0.25, -0.2) is 0 Å². The monoisotopic (exact) mass is 297 g/mol. The van der Waals surface area contributed by atoms with Gasteiger partial charge in [-0.3, -0.25) is 9.59 Å². The molecule has 0 aromatic carbocycles. The molecule has 2 amide bonds. The molecule has 0 spiro atoms. The second-order valence-electron chi connectivity index (χ2n) is 6.89. The van der Waals surface area contributed by atoms with Crippen LogP contribution in [0.5, 0.6) is 0 Å². The van der Waals surface area contributed by atoms with Crippen LogP contribution in [0.1, 0.15) is 47.0 Å². The molecule has 1 atom stereocenters. The van der Waals surface area contributed by atoms with Crippen LogP contribution in [-0.4, -0.2) is 42.4 Å². The Morgan fingerprint density at radius 3 is 2.19 bits per heavy atom. The van der Waals surface area contributed by atoms with Gasteiger partial charge in [0.15, 0.2) is 0 Å². The molecule has 122 valence electrons. The largest absolute Gasteiger partial charge is 0.344 e. The molecule has 1 heterocycles. The Bertz CT molecular complexity index is 347. The normalized spacial score (nSPS) is 18.1. The van der Waals surface area contributed by atoms with Crippen molar-refractivity contribution in [3.8, 4) is 0 Å². The van der Waals surface area contributed by atoms with E-state index in [2.05, 4.69) is 5.32 Å². The molecule has 0 radical (unpaired) electrons. The lowest BCUT2D eigenvalue weighted by molar-refractivity contribution is -0.139. The van der Waals surface area contributed by atoms with Crippen molar-refractivity contribution in [2.45, 2.75) is 53.0 Å². The maximum atomic E-state index is 12.6. The van der Waals surface area contributed by atoms with Gasteiger partial charge in [-0.15, -0.1) is 0 Å². The van der Waals surface area contributed by atoms with E-state index in [1.54, 1.807) is 0 Å². The summed E-state index contributed by atoms with van der Waals surface area (Å²) in [5.74, 6) is 0.947. The molecule has 0 aromatic heterocycles. The Morgan fingerprint density at radius 1 is 1.19 bits per heavy atom. The lowest BCUT2D eigenvalue weighted by Gasteiger charge is -2.35. The Kier molecular flexibility index (Phi) is 7.15. The number of piperidine rings is 1. The van der Waals surface area contributed by atoms with Gasteiger partial charge in [0, 0.05) is 19.5 Å². The molecule has 5 heteroatoms. The molecule has 3 N–H and O–H groups in total. The number of nitrogens with one attached hydrogen (secondary N) is 1. The third kappa shape index (κ3) is 5.65. The zero-order chi connectivity index (χ0) is 16.0. The van der Waals surface area contributed by atoms with E-state index in [0.29, 0.717) is 24.8 Å². The van der Waals surface area contributed by atoms with Gasteiger partial charge in [0.1, 0.15) is 6.04 Å². The second-order valence-corrected chi connectivity index (χ2v) is 6.89. The van der Waals surface area contributed by atoms with Gasteiger partial charge in [0.05, 0.1) is 0 Å². The number of carbonyl (C=O) groups is 2. The van der Waals surface area contributed by atoms with E-state index in [0.717, 1.165) is 25.9 Å². The average Bonchev–Trinajstić information content (AvgIpc) is 2.43. The van der Waals surface area contributed by atoms with Crippen LogP contribution in [0.25, 0.3) is 0 Å². The highest BCUT2D eigenvalue weighted by atomic mass is 16.2. The minimum atomic E-state index is -0.411. The molecule has 5 nitrogen and oxygen atoms in total. The van der Waals surface area contributed by atoms with Crippen molar-refractivity contribution in [2.75, 3.05) is 19.6 Å². The van der Waals surface area contributed by atoms with Crippen LogP contribution in [0.4, 0.5) is 0 Å². The van der Waals surface area contributed by atoms with E-state index in [9.17, 15) is 9.59 Å². The van der Waals surface area contributed by atoms with Gasteiger partial charge in [-0.1, -0.05) is 27.7 Å². The maximum Gasteiger partial charge on any atom is 0.245 e. The third-order valence-corrected chi connectivity index (χ3v) is 4.10. The zero-order valence-corrected chi connectivity index (χ0v) is 13.9. The number of carbonyl (C=O) groups excluding carboxylic acids is 2. The van der Waals surface area contributed by atoms with Crippen molar-refractivity contribution in [2.24, 2.45) is 23.5 Å². The second kappa shape index (κ2) is 8.37. The van der Waals surface area contributed by atoms with Crippen molar-refractivity contribution in [1.29, 1.82) is 0 Å². The van der Waals surface area contributed by atoms with Crippen molar-refractivity contribution >= 4 is 11.8 Å². The quantitative estimate of drug-likeness (QED) is 0.777. The number of rotatable bonds is 6. The van der Waals surface area contributed by atoms with E-state index < -0.39 is 6.04 Å². The topological polar surface area (TPSA) is 75.4 Å².